The van der Waals surface area contributed by atoms with Crippen molar-refractivity contribution in [3.8, 4) is 0 Å². The van der Waals surface area contributed by atoms with E-state index in [2.05, 4.69) is 34.5 Å². The summed E-state index contributed by atoms with van der Waals surface area (Å²) in [6.07, 6.45) is 4.48. The molecule has 1 aliphatic rings. The van der Waals surface area contributed by atoms with Gasteiger partial charge in [-0.25, -0.2) is 8.42 Å². The van der Waals surface area contributed by atoms with Crippen LogP contribution in [-0.2, 0) is 21.1 Å². The maximum absolute atomic E-state index is 12.3. The van der Waals surface area contributed by atoms with E-state index >= 15 is 0 Å². The Balaban J connectivity index is 1.44. The zero-order chi connectivity index (χ0) is 19.3. The molecule has 1 amide bonds. The number of anilines is 1. The predicted octanol–water partition coefficient (Wildman–Crippen LogP) is 2.98. The molecule has 0 aromatic heterocycles. The number of piperidine rings is 1. The number of nitrogens with one attached hydrogen (secondary N) is 1. The third-order valence-corrected chi connectivity index (χ3v) is 6.14. The topological polar surface area (TPSA) is 66.5 Å². The minimum atomic E-state index is -3.22. The van der Waals surface area contributed by atoms with Gasteiger partial charge in [-0.05, 0) is 68.1 Å². The van der Waals surface area contributed by atoms with E-state index in [1.807, 2.05) is 6.07 Å². The van der Waals surface area contributed by atoms with E-state index in [0.29, 0.717) is 18.2 Å². The first-order chi connectivity index (χ1) is 12.9. The number of amides is 1. The lowest BCUT2D eigenvalue weighted by Crippen LogP contribution is -2.39. The van der Waals surface area contributed by atoms with Crippen molar-refractivity contribution in [2.45, 2.75) is 24.2 Å². The molecule has 0 unspecified atom stereocenters. The minimum absolute atomic E-state index is 0.0661. The SMILES string of the molecule is CS(=O)(=O)c1ccc(NC(=O)CN2CCC(Cc3ccccc3)CC2)cc1. The Morgan fingerprint density at radius 1 is 1.04 bits per heavy atom. The third-order valence-electron chi connectivity index (χ3n) is 5.01. The molecule has 1 N–H and O–H groups in total. The highest BCUT2D eigenvalue weighted by molar-refractivity contribution is 7.90. The standard InChI is InChI=1S/C21H26N2O3S/c1-27(25,26)20-9-7-19(8-10-20)22-21(24)16-23-13-11-18(12-14-23)15-17-5-3-2-4-6-17/h2-10,18H,11-16H2,1H3,(H,22,24). The molecule has 0 aliphatic carbocycles. The van der Waals surface area contributed by atoms with Gasteiger partial charge >= 0.3 is 0 Å². The molecule has 1 fully saturated rings. The molecule has 5 nitrogen and oxygen atoms in total. The lowest BCUT2D eigenvalue weighted by Gasteiger charge is -2.31. The molecule has 0 atom stereocenters. The highest BCUT2D eigenvalue weighted by Crippen LogP contribution is 2.21. The molecule has 0 spiro atoms. The summed E-state index contributed by atoms with van der Waals surface area (Å²) in [5, 5.41) is 2.84. The van der Waals surface area contributed by atoms with Gasteiger partial charge in [0.05, 0.1) is 11.4 Å². The summed E-state index contributed by atoms with van der Waals surface area (Å²) in [4.78, 5) is 14.7. The van der Waals surface area contributed by atoms with Crippen LogP contribution in [0.15, 0.2) is 59.5 Å². The third kappa shape index (κ3) is 5.91. The van der Waals surface area contributed by atoms with Gasteiger partial charge in [-0.2, -0.15) is 0 Å². The Morgan fingerprint density at radius 2 is 1.67 bits per heavy atom. The Labute approximate surface area is 161 Å². The molecule has 0 bridgehead atoms. The van der Waals surface area contributed by atoms with Crippen molar-refractivity contribution in [3.63, 3.8) is 0 Å². The van der Waals surface area contributed by atoms with Crippen LogP contribution >= 0.6 is 0 Å². The Hall–Kier alpha value is -2.18. The van der Waals surface area contributed by atoms with Crippen molar-refractivity contribution >= 4 is 21.4 Å². The summed E-state index contributed by atoms with van der Waals surface area (Å²) in [5.41, 5.74) is 2.00. The lowest BCUT2D eigenvalue weighted by molar-refractivity contribution is -0.117. The summed E-state index contributed by atoms with van der Waals surface area (Å²) in [5.74, 6) is 0.610. The maximum Gasteiger partial charge on any atom is 0.238 e. The van der Waals surface area contributed by atoms with Gasteiger partial charge in [0.2, 0.25) is 5.91 Å². The van der Waals surface area contributed by atoms with Crippen molar-refractivity contribution < 1.29 is 13.2 Å². The maximum atomic E-state index is 12.3. The monoisotopic (exact) mass is 386 g/mol. The quantitative estimate of drug-likeness (QED) is 0.829. The fourth-order valence-electron chi connectivity index (χ4n) is 3.49. The number of sulfone groups is 1. The van der Waals surface area contributed by atoms with Crippen LogP contribution in [0.25, 0.3) is 0 Å². The average molecular weight is 387 g/mol. The Morgan fingerprint density at radius 3 is 2.26 bits per heavy atom. The van der Waals surface area contributed by atoms with Gasteiger partial charge in [-0.1, -0.05) is 30.3 Å². The van der Waals surface area contributed by atoms with E-state index in [1.165, 1.54) is 24.0 Å². The van der Waals surface area contributed by atoms with Crippen LogP contribution < -0.4 is 5.32 Å². The van der Waals surface area contributed by atoms with Gasteiger partial charge in [-0.3, -0.25) is 9.69 Å². The predicted molar refractivity (Wildman–Crippen MR) is 107 cm³/mol. The van der Waals surface area contributed by atoms with Gasteiger partial charge in [-0.15, -0.1) is 0 Å². The minimum Gasteiger partial charge on any atom is -0.325 e. The van der Waals surface area contributed by atoms with Crippen LogP contribution in [0, 0.1) is 5.92 Å². The van der Waals surface area contributed by atoms with Crippen molar-refractivity contribution in [2.75, 3.05) is 31.2 Å². The average Bonchev–Trinajstić information content (AvgIpc) is 2.64. The largest absolute Gasteiger partial charge is 0.325 e. The number of carbonyl (C=O) groups is 1. The van der Waals surface area contributed by atoms with Crippen LogP contribution in [0.5, 0.6) is 0 Å². The molecule has 27 heavy (non-hydrogen) atoms. The highest BCUT2D eigenvalue weighted by atomic mass is 32.2. The normalized spacial score (nSPS) is 16.2. The first kappa shape index (κ1) is 19.6. The molecule has 1 aliphatic heterocycles. The van der Waals surface area contributed by atoms with Gasteiger partial charge in [0.25, 0.3) is 0 Å². The summed E-state index contributed by atoms with van der Waals surface area (Å²) < 4.78 is 23.0. The summed E-state index contributed by atoms with van der Waals surface area (Å²) >= 11 is 0. The second-order valence-electron chi connectivity index (χ2n) is 7.25. The number of benzene rings is 2. The molecule has 1 saturated heterocycles. The number of likely N-dealkylation sites (tertiary alicyclic amines) is 1. The van der Waals surface area contributed by atoms with E-state index in [-0.39, 0.29) is 10.8 Å². The molecule has 144 valence electrons. The van der Waals surface area contributed by atoms with Crippen molar-refractivity contribution in [2.24, 2.45) is 5.92 Å². The second kappa shape index (κ2) is 8.67. The molecule has 6 heteroatoms. The van der Waals surface area contributed by atoms with Gasteiger partial charge < -0.3 is 5.32 Å². The zero-order valence-corrected chi connectivity index (χ0v) is 16.4. The fourth-order valence-corrected chi connectivity index (χ4v) is 4.12. The first-order valence-corrected chi connectivity index (χ1v) is 11.2. The molecule has 2 aromatic carbocycles. The highest BCUT2D eigenvalue weighted by Gasteiger charge is 2.21. The molecule has 2 aromatic rings. The Kier molecular flexibility index (Phi) is 6.29. The second-order valence-corrected chi connectivity index (χ2v) is 9.27. The summed E-state index contributed by atoms with van der Waals surface area (Å²) in [6.45, 7) is 2.22. The van der Waals surface area contributed by atoms with Gasteiger partial charge in [0.15, 0.2) is 9.84 Å². The van der Waals surface area contributed by atoms with Gasteiger partial charge in [0.1, 0.15) is 0 Å². The van der Waals surface area contributed by atoms with Gasteiger partial charge in [0, 0.05) is 11.9 Å². The van der Waals surface area contributed by atoms with Crippen molar-refractivity contribution in [3.05, 3.63) is 60.2 Å². The van der Waals surface area contributed by atoms with E-state index in [0.717, 1.165) is 32.4 Å². The fraction of sp³-hybridized carbons (Fsp3) is 0.381. The molecular weight excluding hydrogens is 360 g/mol. The summed E-state index contributed by atoms with van der Waals surface area (Å²) in [6, 6.07) is 16.8. The van der Waals surface area contributed by atoms with Crippen molar-refractivity contribution in [1.82, 2.24) is 4.90 Å². The van der Waals surface area contributed by atoms with Crippen LogP contribution in [0.3, 0.4) is 0 Å². The number of hydrogen-bond acceptors (Lipinski definition) is 4. The van der Waals surface area contributed by atoms with E-state index in [4.69, 9.17) is 0 Å². The van der Waals surface area contributed by atoms with Crippen LogP contribution in [0.1, 0.15) is 18.4 Å². The zero-order valence-electron chi connectivity index (χ0n) is 15.6. The number of hydrogen-bond donors (Lipinski definition) is 1. The number of rotatable bonds is 6. The molecule has 1 heterocycles. The van der Waals surface area contributed by atoms with Crippen LogP contribution in [0.4, 0.5) is 5.69 Å². The lowest BCUT2D eigenvalue weighted by atomic mass is 9.90. The number of carbonyl (C=O) groups excluding carboxylic acids is 1. The summed E-state index contributed by atoms with van der Waals surface area (Å²) in [7, 11) is -3.22. The van der Waals surface area contributed by atoms with E-state index < -0.39 is 9.84 Å². The van der Waals surface area contributed by atoms with E-state index in [9.17, 15) is 13.2 Å². The molecule has 0 radical (unpaired) electrons. The number of nitrogens with zero attached hydrogens (tertiary/aromatic N) is 1. The molecule has 0 saturated carbocycles. The van der Waals surface area contributed by atoms with Crippen molar-refractivity contribution in [1.29, 1.82) is 0 Å². The smallest absolute Gasteiger partial charge is 0.238 e. The Bertz CT molecular complexity index is 856. The van der Waals surface area contributed by atoms with E-state index in [1.54, 1.807) is 12.1 Å². The molecular formula is C21H26N2O3S. The first-order valence-electron chi connectivity index (χ1n) is 9.26. The van der Waals surface area contributed by atoms with Crippen LogP contribution in [0.2, 0.25) is 0 Å². The molecule has 3 rings (SSSR count). The van der Waals surface area contributed by atoms with Crippen LogP contribution in [-0.4, -0.2) is 45.1 Å².